The van der Waals surface area contributed by atoms with Gasteiger partial charge in [-0.2, -0.15) is 0 Å². The molecule has 0 amide bonds. The van der Waals surface area contributed by atoms with E-state index in [1.807, 2.05) is 25.1 Å². The van der Waals surface area contributed by atoms with Gasteiger partial charge in [-0.1, -0.05) is 6.07 Å². The monoisotopic (exact) mass is 397 g/mol. The summed E-state index contributed by atoms with van der Waals surface area (Å²) in [6.45, 7) is 2.67. The van der Waals surface area contributed by atoms with Crippen LogP contribution in [0.4, 0.5) is 4.39 Å². The average Bonchev–Trinajstić information content (AvgIpc) is 2.66. The molecule has 0 saturated carbocycles. The van der Waals surface area contributed by atoms with Crippen molar-refractivity contribution in [3.05, 3.63) is 47.8 Å². The summed E-state index contributed by atoms with van der Waals surface area (Å²) in [5.41, 5.74) is 1.00. The number of ether oxygens (including phenoxy) is 3. The summed E-state index contributed by atoms with van der Waals surface area (Å²) >= 11 is 0. The summed E-state index contributed by atoms with van der Waals surface area (Å²) in [5.74, 6) is 0.592. The maximum absolute atomic E-state index is 13.7. The Bertz CT molecular complexity index is 870. The third-order valence-corrected chi connectivity index (χ3v) is 5.35. The number of methoxy groups -OCH3 is 2. The molecule has 1 N–H and O–H groups in total. The quantitative estimate of drug-likeness (QED) is 0.624. The Morgan fingerprint density at radius 3 is 2.33 bits per heavy atom. The number of rotatable bonds is 10. The van der Waals surface area contributed by atoms with Gasteiger partial charge >= 0.3 is 0 Å². The summed E-state index contributed by atoms with van der Waals surface area (Å²) in [7, 11) is -0.886. The highest BCUT2D eigenvalue weighted by molar-refractivity contribution is 7.89. The molecular weight excluding hydrogens is 373 g/mol. The highest BCUT2D eigenvalue weighted by Crippen LogP contribution is 2.28. The number of hydrogen-bond donors (Lipinski definition) is 1. The van der Waals surface area contributed by atoms with Crippen LogP contribution < -0.4 is 18.9 Å². The minimum absolute atomic E-state index is 0.00148. The van der Waals surface area contributed by atoms with Gasteiger partial charge < -0.3 is 14.2 Å². The molecule has 148 valence electrons. The molecule has 0 heterocycles. The second-order valence-corrected chi connectivity index (χ2v) is 7.48. The first-order valence-electron chi connectivity index (χ1n) is 8.54. The van der Waals surface area contributed by atoms with Gasteiger partial charge in [-0.15, -0.1) is 0 Å². The van der Waals surface area contributed by atoms with Crippen molar-refractivity contribution in [1.82, 2.24) is 4.72 Å². The van der Waals surface area contributed by atoms with Gasteiger partial charge in [0.2, 0.25) is 10.0 Å². The summed E-state index contributed by atoms with van der Waals surface area (Å²) in [6, 6.07) is 9.16. The van der Waals surface area contributed by atoms with Crippen LogP contribution in [0.25, 0.3) is 0 Å². The van der Waals surface area contributed by atoms with E-state index < -0.39 is 15.8 Å². The standard InChI is InChI=1S/C19H24FNO5S/c1-4-26-18-9-7-14(12-19(18)25-3)6-5-11-21-27(22,23)15-8-10-17(24-2)16(20)13-15/h7-10,12-13,21H,4-6,11H2,1-3H3. The van der Waals surface area contributed by atoms with Crippen LogP contribution in [0.2, 0.25) is 0 Å². The van der Waals surface area contributed by atoms with Crippen LogP contribution in [0, 0.1) is 5.82 Å². The Morgan fingerprint density at radius 1 is 1.00 bits per heavy atom. The molecule has 0 aliphatic heterocycles. The van der Waals surface area contributed by atoms with E-state index in [9.17, 15) is 12.8 Å². The number of halogens is 1. The van der Waals surface area contributed by atoms with Crippen molar-refractivity contribution >= 4 is 10.0 Å². The number of aryl methyl sites for hydroxylation is 1. The average molecular weight is 397 g/mol. The molecule has 0 bridgehead atoms. The maximum atomic E-state index is 13.7. The van der Waals surface area contributed by atoms with Crippen LogP contribution in [-0.4, -0.2) is 35.8 Å². The Morgan fingerprint density at radius 2 is 1.70 bits per heavy atom. The molecule has 0 atom stereocenters. The van der Waals surface area contributed by atoms with Gasteiger partial charge in [-0.05, 0) is 55.7 Å². The SMILES string of the molecule is CCOc1ccc(CCCNS(=O)(=O)c2ccc(OC)c(F)c2)cc1OC. The highest BCUT2D eigenvalue weighted by atomic mass is 32.2. The fourth-order valence-electron chi connectivity index (χ4n) is 2.54. The molecule has 8 heteroatoms. The Kier molecular flexibility index (Phi) is 7.44. The van der Waals surface area contributed by atoms with Crippen molar-refractivity contribution in [3.8, 4) is 17.2 Å². The smallest absolute Gasteiger partial charge is 0.240 e. The topological polar surface area (TPSA) is 73.9 Å². The van der Waals surface area contributed by atoms with E-state index in [2.05, 4.69) is 4.72 Å². The summed E-state index contributed by atoms with van der Waals surface area (Å²) < 4.78 is 56.3. The predicted octanol–water partition coefficient (Wildman–Crippen LogP) is 3.15. The lowest BCUT2D eigenvalue weighted by Gasteiger charge is -2.11. The Labute approximate surface area is 159 Å². The lowest BCUT2D eigenvalue weighted by Crippen LogP contribution is -2.25. The number of hydrogen-bond acceptors (Lipinski definition) is 5. The lowest BCUT2D eigenvalue weighted by atomic mass is 10.1. The van der Waals surface area contributed by atoms with E-state index in [0.717, 1.165) is 11.6 Å². The molecule has 2 rings (SSSR count). The number of benzene rings is 2. The van der Waals surface area contributed by atoms with Gasteiger partial charge in [0.25, 0.3) is 0 Å². The third kappa shape index (κ3) is 5.58. The van der Waals surface area contributed by atoms with Gasteiger partial charge in [-0.25, -0.2) is 17.5 Å². The Hall–Kier alpha value is -2.32. The predicted molar refractivity (Wildman–Crippen MR) is 101 cm³/mol. The maximum Gasteiger partial charge on any atom is 0.240 e. The molecular formula is C19H24FNO5S. The molecule has 0 aromatic heterocycles. The number of sulfonamides is 1. The summed E-state index contributed by atoms with van der Waals surface area (Å²) in [5, 5.41) is 0. The molecule has 0 fully saturated rings. The fraction of sp³-hybridized carbons (Fsp3) is 0.368. The van der Waals surface area contributed by atoms with Crippen LogP contribution in [0.3, 0.4) is 0 Å². The van der Waals surface area contributed by atoms with Gasteiger partial charge in [0.15, 0.2) is 23.1 Å². The minimum Gasteiger partial charge on any atom is -0.494 e. The first-order valence-corrected chi connectivity index (χ1v) is 10.0. The first kappa shape index (κ1) is 21.0. The van der Waals surface area contributed by atoms with E-state index in [-0.39, 0.29) is 17.2 Å². The third-order valence-electron chi connectivity index (χ3n) is 3.90. The fourth-order valence-corrected chi connectivity index (χ4v) is 3.62. The summed E-state index contributed by atoms with van der Waals surface area (Å²) in [6.07, 6.45) is 1.23. The van der Waals surface area contributed by atoms with Gasteiger partial charge in [-0.3, -0.25) is 0 Å². The second kappa shape index (κ2) is 9.57. The van der Waals surface area contributed by atoms with Crippen molar-refractivity contribution in [3.63, 3.8) is 0 Å². The molecule has 0 saturated heterocycles. The molecule has 2 aromatic carbocycles. The van der Waals surface area contributed by atoms with E-state index >= 15 is 0 Å². The summed E-state index contributed by atoms with van der Waals surface area (Å²) in [4.78, 5) is -0.136. The Balaban J connectivity index is 1.93. The van der Waals surface area contributed by atoms with Crippen molar-refractivity contribution in [2.24, 2.45) is 0 Å². The molecule has 0 aliphatic carbocycles. The molecule has 0 aliphatic rings. The zero-order valence-corrected chi connectivity index (χ0v) is 16.4. The van der Waals surface area contributed by atoms with E-state index in [4.69, 9.17) is 14.2 Å². The zero-order valence-electron chi connectivity index (χ0n) is 15.6. The van der Waals surface area contributed by atoms with Crippen LogP contribution >= 0.6 is 0 Å². The van der Waals surface area contributed by atoms with Crippen molar-refractivity contribution < 1.29 is 27.0 Å². The minimum atomic E-state index is -3.78. The van der Waals surface area contributed by atoms with Crippen LogP contribution in [-0.2, 0) is 16.4 Å². The van der Waals surface area contributed by atoms with Gasteiger partial charge in [0.05, 0.1) is 25.7 Å². The van der Waals surface area contributed by atoms with Crippen LogP contribution in [0.5, 0.6) is 17.2 Å². The van der Waals surface area contributed by atoms with Crippen molar-refractivity contribution in [2.45, 2.75) is 24.7 Å². The largest absolute Gasteiger partial charge is 0.494 e. The normalized spacial score (nSPS) is 11.3. The molecule has 0 unspecified atom stereocenters. The van der Waals surface area contributed by atoms with Crippen molar-refractivity contribution in [2.75, 3.05) is 27.4 Å². The molecule has 0 radical (unpaired) electrons. The second-order valence-electron chi connectivity index (χ2n) is 5.72. The molecule has 0 spiro atoms. The van der Waals surface area contributed by atoms with Gasteiger partial charge in [0, 0.05) is 6.54 Å². The zero-order chi connectivity index (χ0) is 19.9. The molecule has 6 nitrogen and oxygen atoms in total. The lowest BCUT2D eigenvalue weighted by molar-refractivity contribution is 0.310. The van der Waals surface area contributed by atoms with Crippen LogP contribution in [0.15, 0.2) is 41.3 Å². The van der Waals surface area contributed by atoms with Gasteiger partial charge in [0.1, 0.15) is 0 Å². The van der Waals surface area contributed by atoms with E-state index in [0.29, 0.717) is 30.9 Å². The molecule has 27 heavy (non-hydrogen) atoms. The first-order chi connectivity index (χ1) is 12.9. The molecule has 2 aromatic rings. The number of nitrogens with one attached hydrogen (secondary N) is 1. The highest BCUT2D eigenvalue weighted by Gasteiger charge is 2.16. The van der Waals surface area contributed by atoms with Crippen LogP contribution in [0.1, 0.15) is 18.9 Å². The van der Waals surface area contributed by atoms with E-state index in [1.54, 1.807) is 7.11 Å². The van der Waals surface area contributed by atoms with Crippen molar-refractivity contribution in [1.29, 1.82) is 0 Å². The van der Waals surface area contributed by atoms with E-state index in [1.165, 1.54) is 19.2 Å².